The Bertz CT molecular complexity index is 2040. The standard InChI is InChI=1S/C36H19BN2O2.Pt/c1-3-8-26-22(6-1)16-18-38-35(26)24-12-14-30-28(20-24)37-29-21-25(36-27-9-4-2-7-23(27)17-19-39-36)13-15-31(29)41-33-11-5-10-32(40-30)34(33)37;/h1-19H;/q-2;+2. The van der Waals surface area contributed by atoms with Gasteiger partial charge in [-0.3, -0.25) is 0 Å². The van der Waals surface area contributed by atoms with Crippen LogP contribution in [0.15, 0.2) is 116 Å². The third-order valence-corrected chi connectivity index (χ3v) is 8.06. The summed E-state index contributed by atoms with van der Waals surface area (Å²) < 4.78 is 12.9. The van der Waals surface area contributed by atoms with Crippen LogP contribution < -0.4 is 25.9 Å². The molecule has 0 aliphatic carbocycles. The minimum atomic E-state index is -0.168. The molecule has 7 aromatic rings. The molecule has 0 saturated carbocycles. The molecule has 2 aliphatic rings. The number of aromatic nitrogens is 2. The zero-order valence-electron chi connectivity index (χ0n) is 22.1. The topological polar surface area (TPSA) is 44.2 Å². The van der Waals surface area contributed by atoms with Crippen LogP contribution in [0.4, 0.5) is 0 Å². The molecular formula is C36H19BN2O2Pt. The molecule has 9 rings (SSSR count). The number of pyridine rings is 2. The first kappa shape index (κ1) is 25.0. The number of hydrogen-bond donors (Lipinski definition) is 0. The van der Waals surface area contributed by atoms with Crippen molar-refractivity contribution in [2.45, 2.75) is 0 Å². The Morgan fingerprint density at radius 1 is 0.500 bits per heavy atom. The van der Waals surface area contributed by atoms with E-state index in [1.54, 1.807) is 0 Å². The summed E-state index contributed by atoms with van der Waals surface area (Å²) in [6.07, 6.45) is 3.71. The summed E-state index contributed by atoms with van der Waals surface area (Å²) in [6.45, 7) is -0.168. The van der Waals surface area contributed by atoms with Crippen LogP contribution in [0.1, 0.15) is 0 Å². The molecule has 5 aromatic carbocycles. The maximum atomic E-state index is 6.43. The van der Waals surface area contributed by atoms with Crippen LogP contribution in [0.3, 0.4) is 0 Å². The monoisotopic (exact) mass is 717 g/mol. The SMILES string of the molecule is [Pt+2].[c-]1c(-c2nccc3ccccc23)ccc2c1B1c3[c-]c(-c4nccc5ccccc45)ccc3Oc3cccc(c31)O2. The third-order valence-electron chi connectivity index (χ3n) is 8.06. The predicted molar refractivity (Wildman–Crippen MR) is 163 cm³/mol. The van der Waals surface area contributed by atoms with Gasteiger partial charge in [0.05, 0.1) is 0 Å². The predicted octanol–water partition coefficient (Wildman–Crippen LogP) is 6.44. The largest absolute Gasteiger partial charge is 2.00 e. The summed E-state index contributed by atoms with van der Waals surface area (Å²) >= 11 is 0. The number of benzene rings is 5. The molecule has 0 unspecified atom stereocenters. The van der Waals surface area contributed by atoms with Crippen LogP contribution in [0.5, 0.6) is 23.0 Å². The summed E-state index contributed by atoms with van der Waals surface area (Å²) in [7, 11) is 0. The number of hydrogen-bond acceptors (Lipinski definition) is 4. The first-order valence-corrected chi connectivity index (χ1v) is 13.6. The molecule has 0 spiro atoms. The van der Waals surface area contributed by atoms with Crippen molar-refractivity contribution in [1.82, 2.24) is 9.97 Å². The fraction of sp³-hybridized carbons (Fsp3) is 0. The van der Waals surface area contributed by atoms with Crippen molar-refractivity contribution in [1.29, 1.82) is 0 Å². The van der Waals surface area contributed by atoms with Crippen LogP contribution in [-0.4, -0.2) is 16.7 Å². The summed E-state index contributed by atoms with van der Waals surface area (Å²) in [5.41, 5.74) is 6.52. The normalized spacial score (nSPS) is 12.4. The van der Waals surface area contributed by atoms with Gasteiger partial charge >= 0.3 is 21.1 Å². The van der Waals surface area contributed by atoms with Crippen molar-refractivity contribution in [3.05, 3.63) is 128 Å². The second-order valence-corrected chi connectivity index (χ2v) is 10.4. The molecule has 6 heteroatoms. The van der Waals surface area contributed by atoms with Crippen molar-refractivity contribution in [3.63, 3.8) is 0 Å². The van der Waals surface area contributed by atoms with Gasteiger partial charge in [0.1, 0.15) is 11.5 Å². The van der Waals surface area contributed by atoms with Gasteiger partial charge in [0.2, 0.25) is 6.71 Å². The van der Waals surface area contributed by atoms with Gasteiger partial charge in [-0.15, -0.1) is 58.5 Å². The van der Waals surface area contributed by atoms with Crippen molar-refractivity contribution in [2.24, 2.45) is 0 Å². The van der Waals surface area contributed by atoms with E-state index < -0.39 is 0 Å². The third kappa shape index (κ3) is 3.74. The van der Waals surface area contributed by atoms with E-state index in [0.29, 0.717) is 0 Å². The van der Waals surface area contributed by atoms with Gasteiger partial charge in [-0.25, -0.2) is 0 Å². The van der Waals surface area contributed by atoms with Gasteiger partial charge in [-0.1, -0.05) is 54.6 Å². The maximum absolute atomic E-state index is 6.43. The van der Waals surface area contributed by atoms with Crippen LogP contribution >= 0.6 is 0 Å². The number of nitrogens with zero attached hydrogens (tertiary/aromatic N) is 2. The quantitative estimate of drug-likeness (QED) is 0.153. The molecule has 0 atom stereocenters. The molecule has 4 nitrogen and oxygen atoms in total. The molecule has 0 radical (unpaired) electrons. The van der Waals surface area contributed by atoms with E-state index >= 15 is 0 Å². The molecule has 0 N–H and O–H groups in total. The zero-order chi connectivity index (χ0) is 26.9. The number of rotatable bonds is 2. The minimum Gasteiger partial charge on any atom is -0.503 e. The minimum absolute atomic E-state index is 0. The summed E-state index contributed by atoms with van der Waals surface area (Å²) in [6, 6.07) is 42.3. The van der Waals surface area contributed by atoms with Gasteiger partial charge in [-0.05, 0) is 57.2 Å². The molecule has 0 amide bonds. The van der Waals surface area contributed by atoms with E-state index in [1.807, 2.05) is 91.3 Å². The summed E-state index contributed by atoms with van der Waals surface area (Å²) in [4.78, 5) is 9.53. The van der Waals surface area contributed by atoms with Crippen molar-refractivity contribution in [2.75, 3.05) is 0 Å². The fourth-order valence-electron chi connectivity index (χ4n) is 6.20. The van der Waals surface area contributed by atoms with E-state index in [1.165, 1.54) is 0 Å². The first-order chi connectivity index (χ1) is 20.3. The molecule has 0 saturated heterocycles. The smallest absolute Gasteiger partial charge is 0.503 e. The molecule has 0 fully saturated rings. The van der Waals surface area contributed by atoms with Gasteiger partial charge in [0, 0.05) is 29.4 Å². The Kier molecular flexibility index (Phi) is 5.77. The van der Waals surface area contributed by atoms with E-state index in [4.69, 9.17) is 19.4 Å². The van der Waals surface area contributed by atoms with Crippen molar-refractivity contribution in [3.8, 4) is 45.5 Å². The van der Waals surface area contributed by atoms with E-state index in [2.05, 4.69) is 36.4 Å². The number of ether oxygens (including phenoxy) is 2. The molecule has 0 bridgehead atoms. The molecule has 2 aliphatic heterocycles. The molecule has 4 heterocycles. The van der Waals surface area contributed by atoms with Crippen LogP contribution in [0.25, 0.3) is 44.1 Å². The summed E-state index contributed by atoms with van der Waals surface area (Å²) in [5, 5.41) is 4.47. The van der Waals surface area contributed by atoms with E-state index in [9.17, 15) is 0 Å². The fourth-order valence-corrected chi connectivity index (χ4v) is 6.20. The van der Waals surface area contributed by atoms with Gasteiger partial charge < -0.3 is 19.4 Å². The molecule has 198 valence electrons. The van der Waals surface area contributed by atoms with Gasteiger partial charge in [0.15, 0.2) is 0 Å². The van der Waals surface area contributed by atoms with Crippen LogP contribution in [0.2, 0.25) is 0 Å². The van der Waals surface area contributed by atoms with E-state index in [0.717, 1.165) is 83.4 Å². The average Bonchev–Trinajstić information content (AvgIpc) is 3.04. The second kappa shape index (κ2) is 9.68. The first-order valence-electron chi connectivity index (χ1n) is 13.6. The van der Waals surface area contributed by atoms with Gasteiger partial charge in [-0.2, -0.15) is 0 Å². The summed E-state index contributed by atoms with van der Waals surface area (Å²) in [5.74, 6) is 3.13. The Hall–Kier alpha value is -4.73. The Morgan fingerprint density at radius 2 is 1.00 bits per heavy atom. The van der Waals surface area contributed by atoms with Gasteiger partial charge in [0.25, 0.3) is 0 Å². The van der Waals surface area contributed by atoms with E-state index in [-0.39, 0.29) is 27.8 Å². The zero-order valence-corrected chi connectivity index (χ0v) is 24.3. The maximum Gasteiger partial charge on any atom is 2.00 e. The molecule has 2 aromatic heterocycles. The Morgan fingerprint density at radius 3 is 1.52 bits per heavy atom. The van der Waals surface area contributed by atoms with Crippen LogP contribution in [-0.2, 0) is 21.1 Å². The van der Waals surface area contributed by atoms with Crippen molar-refractivity contribution < 1.29 is 30.5 Å². The average molecular weight is 717 g/mol. The van der Waals surface area contributed by atoms with Crippen molar-refractivity contribution >= 4 is 44.6 Å². The Balaban J connectivity index is 0.00000267. The number of fused-ring (bicyclic) bond motifs is 6. The molecule has 42 heavy (non-hydrogen) atoms. The second-order valence-electron chi connectivity index (χ2n) is 10.4. The van der Waals surface area contributed by atoms with Crippen LogP contribution in [0, 0.1) is 12.1 Å². The Labute approximate surface area is 257 Å². The molecular weight excluding hydrogens is 698 g/mol.